The van der Waals surface area contributed by atoms with Gasteiger partial charge in [0.2, 0.25) is 0 Å². The largest absolute Gasteiger partial charge is 0.271 e. The van der Waals surface area contributed by atoms with Crippen LogP contribution in [0.3, 0.4) is 0 Å². The first-order chi connectivity index (χ1) is 7.72. The molecular weight excluding hydrogens is 251 g/mol. The molecule has 2 rings (SSSR count). The van der Waals surface area contributed by atoms with E-state index >= 15 is 0 Å². The Morgan fingerprint density at radius 2 is 2.31 bits per heavy atom. The van der Waals surface area contributed by atoms with Crippen LogP contribution in [0.25, 0.3) is 0 Å². The molecule has 84 valence electrons. The summed E-state index contributed by atoms with van der Waals surface area (Å²) < 4.78 is 17.4. The van der Waals surface area contributed by atoms with E-state index in [4.69, 9.17) is 17.4 Å². The molecule has 0 aliphatic rings. The second-order valence-corrected chi connectivity index (χ2v) is 4.34. The molecule has 2 aromatic rings. The van der Waals surface area contributed by atoms with Crippen molar-refractivity contribution >= 4 is 23.1 Å². The van der Waals surface area contributed by atoms with E-state index in [9.17, 15) is 4.39 Å². The molecule has 1 aromatic heterocycles. The van der Waals surface area contributed by atoms with Crippen molar-refractivity contribution in [2.75, 3.05) is 0 Å². The Morgan fingerprint density at radius 1 is 1.50 bits per heavy atom. The summed E-state index contributed by atoms with van der Waals surface area (Å²) in [6.45, 7) is 0. The van der Waals surface area contributed by atoms with Gasteiger partial charge in [-0.1, -0.05) is 22.2 Å². The van der Waals surface area contributed by atoms with E-state index in [2.05, 4.69) is 15.0 Å². The first kappa shape index (κ1) is 11.4. The highest BCUT2D eigenvalue weighted by atomic mass is 35.5. The third-order valence-electron chi connectivity index (χ3n) is 2.10. The van der Waals surface area contributed by atoms with Crippen molar-refractivity contribution in [1.82, 2.24) is 15.0 Å². The van der Waals surface area contributed by atoms with Gasteiger partial charge < -0.3 is 0 Å². The monoisotopic (exact) mass is 258 g/mol. The van der Waals surface area contributed by atoms with E-state index < -0.39 is 11.9 Å². The lowest BCUT2D eigenvalue weighted by Gasteiger charge is -2.14. The molecule has 0 bridgehead atoms. The van der Waals surface area contributed by atoms with Crippen LogP contribution in [0.4, 0.5) is 4.39 Å². The van der Waals surface area contributed by atoms with Crippen molar-refractivity contribution in [3.63, 3.8) is 0 Å². The normalized spacial score (nSPS) is 12.7. The minimum atomic E-state index is -0.461. The summed E-state index contributed by atoms with van der Waals surface area (Å²) in [7, 11) is 0. The van der Waals surface area contributed by atoms with Gasteiger partial charge in [-0.15, -0.1) is 5.10 Å². The standard InChI is InChI=1S/C9H8ClFN4S/c10-5-1-2-6(7(11)3-5)9(14-12)8-4-13-15-16-8/h1-4,9,14H,12H2. The average Bonchev–Trinajstić information content (AvgIpc) is 2.75. The van der Waals surface area contributed by atoms with Gasteiger partial charge >= 0.3 is 0 Å². The van der Waals surface area contributed by atoms with Crippen molar-refractivity contribution in [1.29, 1.82) is 0 Å². The highest BCUT2D eigenvalue weighted by Gasteiger charge is 2.18. The predicted molar refractivity (Wildman–Crippen MR) is 60.5 cm³/mol. The number of nitrogens with one attached hydrogen (secondary N) is 1. The summed E-state index contributed by atoms with van der Waals surface area (Å²) in [6.07, 6.45) is 1.54. The number of hydrogen-bond acceptors (Lipinski definition) is 5. The van der Waals surface area contributed by atoms with Crippen LogP contribution in [0.15, 0.2) is 24.4 Å². The third-order valence-corrected chi connectivity index (χ3v) is 3.07. The first-order valence-electron chi connectivity index (χ1n) is 4.40. The molecule has 0 fully saturated rings. The molecular formula is C9H8ClFN4S. The van der Waals surface area contributed by atoms with Gasteiger partial charge in [0.25, 0.3) is 0 Å². The zero-order valence-corrected chi connectivity index (χ0v) is 9.60. The summed E-state index contributed by atoms with van der Waals surface area (Å²) in [5.41, 5.74) is 2.94. The summed E-state index contributed by atoms with van der Waals surface area (Å²) in [6, 6.07) is 3.98. The minimum absolute atomic E-state index is 0.347. The highest BCUT2D eigenvalue weighted by molar-refractivity contribution is 7.05. The maximum atomic E-state index is 13.7. The molecule has 1 atom stereocenters. The molecule has 1 heterocycles. The van der Waals surface area contributed by atoms with E-state index in [0.29, 0.717) is 10.6 Å². The van der Waals surface area contributed by atoms with E-state index in [1.165, 1.54) is 6.07 Å². The quantitative estimate of drug-likeness (QED) is 0.652. The molecule has 0 amide bonds. The Hall–Kier alpha value is -1.08. The fourth-order valence-corrected chi connectivity index (χ4v) is 2.10. The SMILES string of the molecule is NNC(c1cnns1)c1ccc(Cl)cc1F. The van der Waals surface area contributed by atoms with Gasteiger partial charge in [0.05, 0.1) is 17.1 Å². The van der Waals surface area contributed by atoms with Crippen LogP contribution in [0.1, 0.15) is 16.5 Å². The molecule has 0 saturated carbocycles. The van der Waals surface area contributed by atoms with Crippen molar-refractivity contribution < 1.29 is 4.39 Å². The van der Waals surface area contributed by atoms with Gasteiger partial charge in [0.15, 0.2) is 0 Å². The Morgan fingerprint density at radius 3 is 2.88 bits per heavy atom. The van der Waals surface area contributed by atoms with Crippen LogP contribution in [-0.4, -0.2) is 9.59 Å². The Balaban J connectivity index is 2.41. The van der Waals surface area contributed by atoms with E-state index in [1.807, 2.05) is 0 Å². The average molecular weight is 259 g/mol. The lowest BCUT2D eigenvalue weighted by Crippen LogP contribution is -2.28. The van der Waals surface area contributed by atoms with E-state index in [1.54, 1.807) is 18.3 Å². The first-order valence-corrected chi connectivity index (χ1v) is 5.56. The number of benzene rings is 1. The molecule has 4 nitrogen and oxygen atoms in total. The molecule has 16 heavy (non-hydrogen) atoms. The maximum Gasteiger partial charge on any atom is 0.129 e. The van der Waals surface area contributed by atoms with Crippen LogP contribution < -0.4 is 11.3 Å². The van der Waals surface area contributed by atoms with E-state index in [-0.39, 0.29) is 0 Å². The van der Waals surface area contributed by atoms with Crippen LogP contribution in [0.5, 0.6) is 0 Å². The van der Waals surface area contributed by atoms with E-state index in [0.717, 1.165) is 16.4 Å². The number of rotatable bonds is 3. The smallest absolute Gasteiger partial charge is 0.129 e. The molecule has 3 N–H and O–H groups in total. The molecule has 0 aliphatic carbocycles. The number of nitrogens with zero attached hydrogens (tertiary/aromatic N) is 2. The van der Waals surface area contributed by atoms with Crippen LogP contribution in [0, 0.1) is 5.82 Å². The number of hydrogen-bond donors (Lipinski definition) is 2. The summed E-state index contributed by atoms with van der Waals surface area (Å²) in [5.74, 6) is 4.99. The van der Waals surface area contributed by atoms with Crippen LogP contribution in [0.2, 0.25) is 5.02 Å². The number of nitrogens with two attached hydrogens (primary N) is 1. The molecule has 1 aromatic carbocycles. The van der Waals surface area contributed by atoms with Crippen LogP contribution in [-0.2, 0) is 0 Å². The fraction of sp³-hybridized carbons (Fsp3) is 0.111. The summed E-state index contributed by atoms with van der Waals surface area (Å²) in [4.78, 5) is 0.740. The number of halogens is 2. The molecule has 0 spiro atoms. The Bertz CT molecular complexity index is 476. The second-order valence-electron chi connectivity index (χ2n) is 3.09. The summed E-state index contributed by atoms with van der Waals surface area (Å²) >= 11 is 6.84. The van der Waals surface area contributed by atoms with Gasteiger partial charge in [-0.05, 0) is 23.7 Å². The molecule has 0 aliphatic heterocycles. The van der Waals surface area contributed by atoms with Gasteiger partial charge in [-0.3, -0.25) is 5.84 Å². The maximum absolute atomic E-state index is 13.7. The Labute approximate surface area is 100 Å². The topological polar surface area (TPSA) is 63.8 Å². The molecule has 0 saturated heterocycles. The lowest BCUT2D eigenvalue weighted by molar-refractivity contribution is 0.564. The third kappa shape index (κ3) is 2.19. The lowest BCUT2D eigenvalue weighted by atomic mass is 10.1. The molecule has 1 unspecified atom stereocenters. The van der Waals surface area contributed by atoms with Crippen molar-refractivity contribution in [3.8, 4) is 0 Å². The van der Waals surface area contributed by atoms with Gasteiger partial charge in [-0.25, -0.2) is 9.82 Å². The van der Waals surface area contributed by atoms with Crippen molar-refractivity contribution in [2.24, 2.45) is 5.84 Å². The Kier molecular flexibility index (Phi) is 3.45. The zero-order valence-electron chi connectivity index (χ0n) is 8.02. The summed E-state index contributed by atoms with van der Waals surface area (Å²) in [5, 5.41) is 4.03. The highest BCUT2D eigenvalue weighted by Crippen LogP contribution is 2.26. The van der Waals surface area contributed by atoms with Crippen molar-refractivity contribution in [2.45, 2.75) is 6.04 Å². The fourth-order valence-electron chi connectivity index (χ4n) is 1.36. The minimum Gasteiger partial charge on any atom is -0.271 e. The predicted octanol–water partition coefficient (Wildman–Crippen LogP) is 1.88. The second kappa shape index (κ2) is 4.84. The molecule has 0 radical (unpaired) electrons. The van der Waals surface area contributed by atoms with Gasteiger partial charge in [-0.2, -0.15) is 0 Å². The number of hydrazine groups is 1. The molecule has 7 heteroatoms. The van der Waals surface area contributed by atoms with Gasteiger partial charge in [0, 0.05) is 10.6 Å². The zero-order chi connectivity index (χ0) is 11.5. The van der Waals surface area contributed by atoms with Gasteiger partial charge in [0.1, 0.15) is 5.82 Å². The van der Waals surface area contributed by atoms with Crippen LogP contribution >= 0.6 is 23.1 Å². The van der Waals surface area contributed by atoms with Crippen molar-refractivity contribution in [3.05, 3.63) is 45.7 Å². The number of aromatic nitrogens is 2.